The maximum Gasteiger partial charge on any atom is 0.307 e. The van der Waals surface area contributed by atoms with Gasteiger partial charge in [-0.15, -0.1) is 11.3 Å². The lowest BCUT2D eigenvalue weighted by Gasteiger charge is -2.17. The van der Waals surface area contributed by atoms with E-state index in [-0.39, 0.29) is 24.5 Å². The average Bonchev–Trinajstić information content (AvgIpc) is 3.07. The van der Waals surface area contributed by atoms with Gasteiger partial charge in [0.2, 0.25) is 0 Å². The zero-order valence-electron chi connectivity index (χ0n) is 14.7. The predicted octanol–water partition coefficient (Wildman–Crippen LogP) is 4.07. The fraction of sp³-hybridized carbons (Fsp3) is 0.421. The minimum Gasteiger partial charge on any atom is -0.497 e. The standard InChI is InChI=1S/C19H23NO4S/c1-4-12(2)17(19(22)23)10-15(21)9-14-11-25-18(20-14)13-6-5-7-16(8-13)24-3/h5-8,11-12,17H,4,9-10H2,1-3H3,(H,22,23)/t12-,17+/m1/s1. The topological polar surface area (TPSA) is 76.5 Å². The first-order valence-corrected chi connectivity index (χ1v) is 9.15. The monoisotopic (exact) mass is 361 g/mol. The second-order valence-corrected chi connectivity index (χ2v) is 6.98. The molecule has 0 saturated carbocycles. The Bertz CT molecular complexity index is 741. The molecule has 0 amide bonds. The van der Waals surface area contributed by atoms with Crippen LogP contribution in [0.1, 0.15) is 32.4 Å². The number of benzene rings is 1. The highest BCUT2D eigenvalue weighted by atomic mass is 32.1. The van der Waals surface area contributed by atoms with Gasteiger partial charge >= 0.3 is 5.97 Å². The van der Waals surface area contributed by atoms with Gasteiger partial charge in [0.05, 0.1) is 18.7 Å². The molecule has 0 bridgehead atoms. The molecule has 0 aliphatic carbocycles. The molecule has 0 aliphatic rings. The van der Waals surface area contributed by atoms with Crippen LogP contribution in [-0.2, 0) is 16.0 Å². The number of aliphatic carboxylic acids is 1. The van der Waals surface area contributed by atoms with Crippen LogP contribution < -0.4 is 4.74 Å². The van der Waals surface area contributed by atoms with Crippen LogP contribution in [0.2, 0.25) is 0 Å². The van der Waals surface area contributed by atoms with Crippen molar-refractivity contribution in [1.82, 2.24) is 4.98 Å². The summed E-state index contributed by atoms with van der Waals surface area (Å²) >= 11 is 1.46. The summed E-state index contributed by atoms with van der Waals surface area (Å²) in [5, 5.41) is 12.0. The highest BCUT2D eigenvalue weighted by Crippen LogP contribution is 2.27. The van der Waals surface area contributed by atoms with E-state index in [1.165, 1.54) is 11.3 Å². The molecule has 25 heavy (non-hydrogen) atoms. The van der Waals surface area contributed by atoms with Gasteiger partial charge < -0.3 is 9.84 Å². The lowest BCUT2D eigenvalue weighted by atomic mass is 9.87. The van der Waals surface area contributed by atoms with E-state index in [2.05, 4.69) is 4.98 Å². The number of ether oxygens (including phenoxy) is 1. The number of hydrogen-bond acceptors (Lipinski definition) is 5. The smallest absolute Gasteiger partial charge is 0.307 e. The molecule has 0 unspecified atom stereocenters. The van der Waals surface area contributed by atoms with E-state index >= 15 is 0 Å². The van der Waals surface area contributed by atoms with Gasteiger partial charge in [-0.25, -0.2) is 4.98 Å². The van der Waals surface area contributed by atoms with Gasteiger partial charge in [0.25, 0.3) is 0 Å². The first-order valence-electron chi connectivity index (χ1n) is 8.27. The summed E-state index contributed by atoms with van der Waals surface area (Å²) in [6, 6.07) is 7.59. The molecule has 2 rings (SSSR count). The molecule has 134 valence electrons. The van der Waals surface area contributed by atoms with Crippen molar-refractivity contribution in [3.05, 3.63) is 35.3 Å². The number of rotatable bonds is 9. The normalized spacial score (nSPS) is 13.2. The van der Waals surface area contributed by atoms with Gasteiger partial charge in [-0.3, -0.25) is 9.59 Å². The molecule has 1 aromatic carbocycles. The van der Waals surface area contributed by atoms with Crippen molar-refractivity contribution in [2.45, 2.75) is 33.1 Å². The minimum absolute atomic E-state index is 0.0239. The number of hydrogen-bond donors (Lipinski definition) is 1. The zero-order valence-corrected chi connectivity index (χ0v) is 15.5. The molecule has 0 fully saturated rings. The summed E-state index contributed by atoms with van der Waals surface area (Å²) in [6.45, 7) is 3.81. The van der Waals surface area contributed by atoms with E-state index in [0.717, 1.165) is 22.7 Å². The summed E-state index contributed by atoms with van der Waals surface area (Å²) in [6.07, 6.45) is 0.956. The van der Waals surface area contributed by atoms with Gasteiger partial charge in [-0.1, -0.05) is 32.4 Å². The first-order chi connectivity index (χ1) is 11.9. The third-order valence-electron chi connectivity index (χ3n) is 4.34. The summed E-state index contributed by atoms with van der Waals surface area (Å²) in [5.41, 5.74) is 1.62. The highest BCUT2D eigenvalue weighted by molar-refractivity contribution is 7.13. The third kappa shape index (κ3) is 5.13. The molecule has 1 N–H and O–H groups in total. The Morgan fingerprint density at radius 3 is 2.76 bits per heavy atom. The van der Waals surface area contributed by atoms with E-state index in [1.54, 1.807) is 7.11 Å². The van der Waals surface area contributed by atoms with Gasteiger partial charge in [-0.2, -0.15) is 0 Å². The van der Waals surface area contributed by atoms with Crippen molar-refractivity contribution >= 4 is 23.1 Å². The Morgan fingerprint density at radius 2 is 2.12 bits per heavy atom. The van der Waals surface area contributed by atoms with Crippen LogP contribution in [0.15, 0.2) is 29.6 Å². The second-order valence-electron chi connectivity index (χ2n) is 6.13. The fourth-order valence-electron chi connectivity index (χ4n) is 2.61. The Morgan fingerprint density at radius 1 is 1.36 bits per heavy atom. The van der Waals surface area contributed by atoms with Crippen molar-refractivity contribution in [1.29, 1.82) is 0 Å². The van der Waals surface area contributed by atoms with Crippen LogP contribution in [0.25, 0.3) is 10.6 Å². The lowest BCUT2D eigenvalue weighted by molar-refractivity contribution is -0.145. The molecule has 0 spiro atoms. The summed E-state index contributed by atoms with van der Waals surface area (Å²) in [5.74, 6) is -0.894. The van der Waals surface area contributed by atoms with Crippen LogP contribution in [-0.4, -0.2) is 29.0 Å². The largest absolute Gasteiger partial charge is 0.497 e. The van der Waals surface area contributed by atoms with Crippen molar-refractivity contribution < 1.29 is 19.4 Å². The lowest BCUT2D eigenvalue weighted by Crippen LogP contribution is -2.25. The van der Waals surface area contributed by atoms with Gasteiger partial charge in [0, 0.05) is 23.8 Å². The van der Waals surface area contributed by atoms with Crippen LogP contribution in [0.4, 0.5) is 0 Å². The van der Waals surface area contributed by atoms with Crippen molar-refractivity contribution in [2.75, 3.05) is 7.11 Å². The van der Waals surface area contributed by atoms with Crippen LogP contribution in [0.3, 0.4) is 0 Å². The molecule has 5 nitrogen and oxygen atoms in total. The molecule has 2 atom stereocenters. The molecule has 6 heteroatoms. The number of carbonyl (C=O) groups excluding carboxylic acids is 1. The predicted molar refractivity (Wildman–Crippen MR) is 98.0 cm³/mol. The number of nitrogens with zero attached hydrogens (tertiary/aromatic N) is 1. The van der Waals surface area contributed by atoms with E-state index in [9.17, 15) is 14.7 Å². The van der Waals surface area contributed by atoms with Crippen molar-refractivity contribution in [3.63, 3.8) is 0 Å². The maximum atomic E-state index is 12.3. The minimum atomic E-state index is -0.905. The number of carboxylic acid groups (broad SMARTS) is 1. The van der Waals surface area contributed by atoms with Crippen LogP contribution in [0.5, 0.6) is 5.75 Å². The second kappa shape index (κ2) is 8.76. The Labute approximate surface area is 151 Å². The van der Waals surface area contributed by atoms with Gasteiger partial charge in [-0.05, 0) is 18.1 Å². The molecule has 1 heterocycles. The number of methoxy groups -OCH3 is 1. The van der Waals surface area contributed by atoms with Crippen molar-refractivity contribution in [3.8, 4) is 16.3 Å². The molecule has 0 aliphatic heterocycles. The van der Waals surface area contributed by atoms with E-state index in [4.69, 9.17) is 4.74 Å². The SMILES string of the molecule is CC[C@@H](C)[C@H](CC(=O)Cc1csc(-c2cccc(OC)c2)n1)C(=O)O. The van der Waals surface area contributed by atoms with Crippen LogP contribution in [0, 0.1) is 11.8 Å². The first kappa shape index (κ1) is 19.1. The van der Waals surface area contributed by atoms with Crippen LogP contribution >= 0.6 is 11.3 Å². The molecule has 0 radical (unpaired) electrons. The molecular weight excluding hydrogens is 338 g/mol. The number of aromatic nitrogens is 1. The summed E-state index contributed by atoms with van der Waals surface area (Å²) < 4.78 is 5.21. The maximum absolute atomic E-state index is 12.3. The quantitative estimate of drug-likeness (QED) is 0.728. The number of carboxylic acids is 1. The highest BCUT2D eigenvalue weighted by Gasteiger charge is 2.26. The Hall–Kier alpha value is -2.21. The zero-order chi connectivity index (χ0) is 18.4. The number of thiazole rings is 1. The molecule has 1 aromatic heterocycles. The Balaban J connectivity index is 2.05. The molecular formula is C19H23NO4S. The fourth-order valence-corrected chi connectivity index (χ4v) is 3.43. The van der Waals surface area contributed by atoms with Gasteiger partial charge in [0.15, 0.2) is 0 Å². The molecule has 0 saturated heterocycles. The third-order valence-corrected chi connectivity index (χ3v) is 5.28. The van der Waals surface area contributed by atoms with Gasteiger partial charge in [0.1, 0.15) is 16.5 Å². The van der Waals surface area contributed by atoms with E-state index in [1.807, 2.05) is 43.5 Å². The summed E-state index contributed by atoms with van der Waals surface area (Å²) in [4.78, 5) is 28.1. The number of carbonyl (C=O) groups is 2. The Kier molecular flexibility index (Phi) is 6.70. The average molecular weight is 361 g/mol. The number of ketones is 1. The van der Waals surface area contributed by atoms with E-state index in [0.29, 0.717) is 5.69 Å². The number of Topliss-reactive ketones (excluding diaryl/α,β-unsaturated/α-hetero) is 1. The van der Waals surface area contributed by atoms with Crippen molar-refractivity contribution in [2.24, 2.45) is 11.8 Å². The van der Waals surface area contributed by atoms with E-state index < -0.39 is 11.9 Å². The molecule has 2 aromatic rings. The summed E-state index contributed by atoms with van der Waals surface area (Å²) in [7, 11) is 1.61.